The van der Waals surface area contributed by atoms with Crippen LogP contribution >= 0.6 is 0 Å². The normalized spacial score (nSPS) is 12.5. The highest BCUT2D eigenvalue weighted by Crippen LogP contribution is 2.20. The Morgan fingerprint density at radius 1 is 1.20 bits per heavy atom. The number of unbranched alkanes of at least 4 members (excludes halogenated alkanes) is 1. The molecule has 0 amide bonds. The van der Waals surface area contributed by atoms with Gasteiger partial charge in [0, 0.05) is 0 Å². The van der Waals surface area contributed by atoms with Crippen LogP contribution in [0.2, 0.25) is 0 Å². The quantitative estimate of drug-likeness (QED) is 0.263. The maximum absolute atomic E-state index is 9.49. The number of rotatable bonds is 11. The largest absolute Gasteiger partial charge is 0.493 e. The average molecular weight is 340 g/mol. The Kier molecular flexibility index (Phi) is 9.70. The van der Waals surface area contributed by atoms with Crippen LogP contribution in [-0.2, 0) is 17.6 Å². The van der Waals surface area contributed by atoms with Crippen LogP contribution in [-0.4, -0.2) is 6.61 Å². The van der Waals surface area contributed by atoms with Crippen molar-refractivity contribution < 1.29 is 4.74 Å². The van der Waals surface area contributed by atoms with Crippen molar-refractivity contribution in [1.82, 2.24) is 0 Å². The van der Waals surface area contributed by atoms with E-state index in [9.17, 15) is 5.26 Å². The summed E-state index contributed by atoms with van der Waals surface area (Å²) in [5.41, 5.74) is 4.26. The van der Waals surface area contributed by atoms with Gasteiger partial charge in [0.1, 0.15) is 11.8 Å². The highest BCUT2D eigenvalue weighted by atomic mass is 16.5. The van der Waals surface area contributed by atoms with Crippen LogP contribution in [0.15, 0.2) is 36.1 Å². The Morgan fingerprint density at radius 2 is 1.92 bits per heavy atom. The van der Waals surface area contributed by atoms with Crippen LogP contribution in [0.3, 0.4) is 0 Å². The smallest absolute Gasteiger partial charge is 0.129 e. The molecule has 0 heterocycles. The molecule has 0 spiro atoms. The van der Waals surface area contributed by atoms with E-state index in [2.05, 4.69) is 58.5 Å². The number of hydrogen-bond donors (Lipinski definition) is 0. The second kappa shape index (κ2) is 11.5. The Labute approximate surface area is 154 Å². The lowest BCUT2D eigenvalue weighted by Crippen LogP contribution is -2.09. The maximum Gasteiger partial charge on any atom is 0.129 e. The second-order valence-electron chi connectivity index (χ2n) is 6.56. The van der Waals surface area contributed by atoms with Gasteiger partial charge in [-0.2, -0.15) is 5.26 Å². The molecule has 0 radical (unpaired) electrons. The Morgan fingerprint density at radius 3 is 2.48 bits per heavy atom. The Balaban J connectivity index is 2.81. The first-order valence-electron chi connectivity index (χ1n) is 9.65. The van der Waals surface area contributed by atoms with Gasteiger partial charge in [0.15, 0.2) is 0 Å². The molecular formula is C23H33NO. The number of hydrogen-bond acceptors (Lipinski definition) is 2. The monoisotopic (exact) mass is 339 g/mol. The highest BCUT2D eigenvalue weighted by Gasteiger charge is 2.10. The predicted molar refractivity (Wildman–Crippen MR) is 107 cm³/mol. The van der Waals surface area contributed by atoms with E-state index >= 15 is 0 Å². The van der Waals surface area contributed by atoms with Gasteiger partial charge in [0.25, 0.3) is 0 Å². The molecule has 0 aliphatic carbocycles. The molecule has 25 heavy (non-hydrogen) atoms. The van der Waals surface area contributed by atoms with Gasteiger partial charge in [-0.3, -0.25) is 0 Å². The minimum absolute atomic E-state index is 0.482. The summed E-state index contributed by atoms with van der Waals surface area (Å²) in [6.45, 7) is 13.3. The van der Waals surface area contributed by atoms with Crippen molar-refractivity contribution in [3.8, 4) is 6.07 Å². The van der Waals surface area contributed by atoms with Gasteiger partial charge in [0.2, 0.25) is 0 Å². The fraction of sp³-hybridized carbons (Fsp3) is 0.522. The second-order valence-corrected chi connectivity index (χ2v) is 6.56. The molecule has 2 heteroatoms. The Hall–Kier alpha value is -2.01. The Bertz CT molecular complexity index is 621. The van der Waals surface area contributed by atoms with Crippen molar-refractivity contribution >= 4 is 6.08 Å². The van der Waals surface area contributed by atoms with E-state index in [-0.39, 0.29) is 0 Å². The van der Waals surface area contributed by atoms with Crippen molar-refractivity contribution in [1.29, 1.82) is 5.26 Å². The van der Waals surface area contributed by atoms with Crippen molar-refractivity contribution in [2.24, 2.45) is 5.92 Å². The third-order valence-corrected chi connectivity index (χ3v) is 4.76. The summed E-state index contributed by atoms with van der Waals surface area (Å²) in [5, 5.41) is 9.49. The van der Waals surface area contributed by atoms with Crippen molar-refractivity contribution in [2.45, 2.75) is 66.2 Å². The SMILES string of the molecule is C=C(OCC(CC)CCCC)/C(C#N)=C/c1ccc(CC)c(CC)c1. The number of benzene rings is 1. The molecule has 0 aliphatic rings. The van der Waals surface area contributed by atoms with Crippen LogP contribution in [0, 0.1) is 17.2 Å². The first-order chi connectivity index (χ1) is 12.1. The molecule has 1 aromatic carbocycles. The molecule has 136 valence electrons. The van der Waals surface area contributed by atoms with Gasteiger partial charge < -0.3 is 4.74 Å². The van der Waals surface area contributed by atoms with E-state index in [1.807, 2.05) is 6.08 Å². The van der Waals surface area contributed by atoms with E-state index in [0.29, 0.717) is 23.9 Å². The molecule has 0 bridgehead atoms. The fourth-order valence-corrected chi connectivity index (χ4v) is 2.95. The topological polar surface area (TPSA) is 33.0 Å². The lowest BCUT2D eigenvalue weighted by Gasteiger charge is -2.16. The summed E-state index contributed by atoms with van der Waals surface area (Å²) in [6.07, 6.45) is 8.60. The van der Waals surface area contributed by atoms with Crippen LogP contribution in [0.1, 0.15) is 70.1 Å². The van der Waals surface area contributed by atoms with Gasteiger partial charge in [-0.15, -0.1) is 0 Å². The number of nitriles is 1. The summed E-state index contributed by atoms with van der Waals surface area (Å²) in [5.74, 6) is 1.02. The van der Waals surface area contributed by atoms with Crippen LogP contribution in [0.5, 0.6) is 0 Å². The molecule has 1 aromatic rings. The lowest BCUT2D eigenvalue weighted by molar-refractivity contribution is 0.164. The van der Waals surface area contributed by atoms with E-state index in [1.54, 1.807) is 0 Å². The first kappa shape index (κ1) is 21.0. The standard InChI is InChI=1S/C23H33NO/c1-6-10-11-19(7-2)17-25-18(5)23(16-24)15-20-12-13-21(8-3)22(9-4)14-20/h12-15,19H,5-11,17H2,1-4H3/b23-15+. The van der Waals surface area contributed by atoms with Crippen LogP contribution in [0.25, 0.3) is 6.08 Å². The zero-order valence-electron chi connectivity index (χ0n) is 16.4. The molecule has 0 saturated heterocycles. The van der Waals surface area contributed by atoms with Gasteiger partial charge in [0.05, 0.1) is 12.2 Å². The van der Waals surface area contributed by atoms with Crippen LogP contribution in [0.4, 0.5) is 0 Å². The molecule has 0 fully saturated rings. The molecule has 0 N–H and O–H groups in total. The van der Waals surface area contributed by atoms with Gasteiger partial charge in [-0.05, 0) is 47.9 Å². The summed E-state index contributed by atoms with van der Waals surface area (Å²) in [6, 6.07) is 8.63. The van der Waals surface area contributed by atoms with E-state index < -0.39 is 0 Å². The summed E-state index contributed by atoms with van der Waals surface area (Å²) >= 11 is 0. The molecule has 1 unspecified atom stereocenters. The number of allylic oxidation sites excluding steroid dienone is 1. The summed E-state index contributed by atoms with van der Waals surface area (Å²) in [4.78, 5) is 0. The number of ether oxygens (including phenoxy) is 1. The van der Waals surface area contributed by atoms with Gasteiger partial charge in [-0.25, -0.2) is 0 Å². The molecule has 0 aliphatic heterocycles. The highest BCUT2D eigenvalue weighted by molar-refractivity contribution is 5.63. The van der Waals surface area contributed by atoms with E-state index in [0.717, 1.165) is 24.8 Å². The maximum atomic E-state index is 9.49. The third-order valence-electron chi connectivity index (χ3n) is 4.76. The van der Waals surface area contributed by atoms with Gasteiger partial charge in [-0.1, -0.05) is 71.7 Å². The van der Waals surface area contributed by atoms with E-state index in [1.165, 1.54) is 30.4 Å². The minimum Gasteiger partial charge on any atom is -0.493 e. The van der Waals surface area contributed by atoms with Crippen molar-refractivity contribution in [3.63, 3.8) is 0 Å². The molecule has 2 nitrogen and oxygen atoms in total. The molecule has 1 atom stereocenters. The van der Waals surface area contributed by atoms with Gasteiger partial charge >= 0.3 is 0 Å². The summed E-state index contributed by atoms with van der Waals surface area (Å²) in [7, 11) is 0. The average Bonchev–Trinajstić information content (AvgIpc) is 2.65. The zero-order valence-corrected chi connectivity index (χ0v) is 16.4. The number of nitrogens with zero attached hydrogens (tertiary/aromatic N) is 1. The first-order valence-corrected chi connectivity index (χ1v) is 9.65. The lowest BCUT2D eigenvalue weighted by atomic mass is 9.99. The molecule has 1 rings (SSSR count). The minimum atomic E-state index is 0.482. The molecule has 0 aromatic heterocycles. The number of aryl methyl sites for hydroxylation is 2. The fourth-order valence-electron chi connectivity index (χ4n) is 2.95. The molecule has 0 saturated carbocycles. The summed E-state index contributed by atoms with van der Waals surface area (Å²) < 4.78 is 5.83. The predicted octanol–water partition coefficient (Wildman–Crippen LogP) is 6.47. The van der Waals surface area contributed by atoms with Crippen LogP contribution < -0.4 is 0 Å². The van der Waals surface area contributed by atoms with Crippen molar-refractivity contribution in [2.75, 3.05) is 6.61 Å². The molecular weight excluding hydrogens is 306 g/mol. The van der Waals surface area contributed by atoms with E-state index in [4.69, 9.17) is 4.74 Å². The van der Waals surface area contributed by atoms with Crippen molar-refractivity contribution in [3.05, 3.63) is 52.8 Å². The zero-order chi connectivity index (χ0) is 18.7. The third kappa shape index (κ3) is 6.78.